The third kappa shape index (κ3) is 6.02. The summed E-state index contributed by atoms with van der Waals surface area (Å²) in [5.74, 6) is 0.0331. The van der Waals surface area contributed by atoms with Crippen molar-refractivity contribution in [1.29, 1.82) is 0 Å². The minimum Gasteiger partial charge on any atom is -0.341 e. The molecule has 5 nitrogen and oxygen atoms in total. The number of hydrogen-bond acceptors (Lipinski definition) is 4. The molecule has 1 rings (SSSR count). The molecule has 1 amide bonds. The van der Waals surface area contributed by atoms with Gasteiger partial charge in [-0.1, -0.05) is 13.3 Å². The average Bonchev–Trinajstić information content (AvgIpc) is 2.82. The van der Waals surface area contributed by atoms with E-state index in [1.165, 1.54) is 11.3 Å². The molecular formula is C13H22N2O3S2. The molecule has 0 unspecified atom stereocenters. The first-order valence-electron chi connectivity index (χ1n) is 6.62. The zero-order valence-corrected chi connectivity index (χ0v) is 13.8. The molecule has 0 aliphatic rings. The average molecular weight is 318 g/mol. The van der Waals surface area contributed by atoms with Crippen molar-refractivity contribution in [3.8, 4) is 0 Å². The molecule has 0 bridgehead atoms. The van der Waals surface area contributed by atoms with Gasteiger partial charge >= 0.3 is 0 Å². The quantitative estimate of drug-likeness (QED) is 0.793. The zero-order chi connectivity index (χ0) is 15.2. The van der Waals surface area contributed by atoms with Crippen molar-refractivity contribution in [2.24, 2.45) is 0 Å². The third-order valence-corrected chi connectivity index (χ3v) is 4.66. The van der Waals surface area contributed by atoms with Gasteiger partial charge in [0.05, 0.1) is 11.1 Å². The SMILES string of the molecule is CCCCN(C)C(=O)c1ccc(CCNS(C)(=O)=O)s1. The largest absolute Gasteiger partial charge is 0.341 e. The van der Waals surface area contributed by atoms with Crippen molar-refractivity contribution in [2.45, 2.75) is 26.2 Å². The molecule has 0 fully saturated rings. The van der Waals surface area contributed by atoms with E-state index in [2.05, 4.69) is 11.6 Å². The second-order valence-corrected chi connectivity index (χ2v) is 7.76. The summed E-state index contributed by atoms with van der Waals surface area (Å²) in [5.41, 5.74) is 0. The Kier molecular flexibility index (Phi) is 6.64. The van der Waals surface area contributed by atoms with Gasteiger partial charge in [0, 0.05) is 25.0 Å². The van der Waals surface area contributed by atoms with E-state index < -0.39 is 10.0 Å². The topological polar surface area (TPSA) is 66.5 Å². The molecule has 0 spiro atoms. The van der Waals surface area contributed by atoms with Crippen LogP contribution in [-0.4, -0.2) is 45.6 Å². The molecule has 1 heterocycles. The van der Waals surface area contributed by atoms with E-state index in [4.69, 9.17) is 0 Å². The lowest BCUT2D eigenvalue weighted by atomic mass is 10.3. The first-order chi connectivity index (χ1) is 9.33. The van der Waals surface area contributed by atoms with Crippen LogP contribution in [0.15, 0.2) is 12.1 Å². The lowest BCUT2D eigenvalue weighted by Gasteiger charge is -2.15. The Labute approximate surface area is 125 Å². The van der Waals surface area contributed by atoms with Crippen LogP contribution < -0.4 is 4.72 Å². The molecule has 1 aromatic heterocycles. The summed E-state index contributed by atoms with van der Waals surface area (Å²) in [4.78, 5) is 15.6. The van der Waals surface area contributed by atoms with Crippen LogP contribution in [-0.2, 0) is 16.4 Å². The van der Waals surface area contributed by atoms with Crippen LogP contribution in [0.1, 0.15) is 34.3 Å². The highest BCUT2D eigenvalue weighted by atomic mass is 32.2. The van der Waals surface area contributed by atoms with Gasteiger partial charge in [0.25, 0.3) is 5.91 Å². The number of carbonyl (C=O) groups is 1. The lowest BCUT2D eigenvalue weighted by Crippen LogP contribution is -2.26. The number of carbonyl (C=O) groups excluding carboxylic acids is 1. The number of nitrogens with zero attached hydrogens (tertiary/aromatic N) is 1. The molecule has 20 heavy (non-hydrogen) atoms. The maximum absolute atomic E-state index is 12.1. The summed E-state index contributed by atoms with van der Waals surface area (Å²) in [6, 6.07) is 3.70. The summed E-state index contributed by atoms with van der Waals surface area (Å²) in [5, 5.41) is 0. The van der Waals surface area contributed by atoms with Gasteiger partial charge in [0.1, 0.15) is 0 Å². The predicted molar refractivity (Wildman–Crippen MR) is 82.7 cm³/mol. The van der Waals surface area contributed by atoms with Gasteiger partial charge in [-0.3, -0.25) is 4.79 Å². The highest BCUT2D eigenvalue weighted by Crippen LogP contribution is 2.18. The summed E-state index contributed by atoms with van der Waals surface area (Å²) in [6.07, 6.45) is 3.80. The monoisotopic (exact) mass is 318 g/mol. The van der Waals surface area contributed by atoms with Gasteiger partial charge in [-0.2, -0.15) is 0 Å². The van der Waals surface area contributed by atoms with Gasteiger partial charge in [0.2, 0.25) is 10.0 Å². The Morgan fingerprint density at radius 3 is 2.70 bits per heavy atom. The Morgan fingerprint density at radius 1 is 1.40 bits per heavy atom. The van der Waals surface area contributed by atoms with E-state index in [0.29, 0.717) is 17.8 Å². The second-order valence-electron chi connectivity index (χ2n) is 4.76. The number of thiophene rings is 1. The molecule has 0 radical (unpaired) electrons. The van der Waals surface area contributed by atoms with Crippen molar-refractivity contribution in [3.05, 3.63) is 21.9 Å². The van der Waals surface area contributed by atoms with Crippen molar-refractivity contribution in [3.63, 3.8) is 0 Å². The van der Waals surface area contributed by atoms with E-state index in [-0.39, 0.29) is 5.91 Å². The number of amides is 1. The Balaban J connectivity index is 2.52. The van der Waals surface area contributed by atoms with E-state index in [9.17, 15) is 13.2 Å². The van der Waals surface area contributed by atoms with Crippen LogP contribution in [0.5, 0.6) is 0 Å². The Bertz CT molecular complexity index is 538. The van der Waals surface area contributed by atoms with Gasteiger partial charge in [-0.25, -0.2) is 13.1 Å². The molecule has 114 valence electrons. The Morgan fingerprint density at radius 2 is 2.10 bits per heavy atom. The van der Waals surface area contributed by atoms with Crippen molar-refractivity contribution < 1.29 is 13.2 Å². The van der Waals surface area contributed by atoms with E-state index in [1.54, 1.807) is 4.90 Å². The molecule has 1 N–H and O–H groups in total. The van der Waals surface area contributed by atoms with Crippen molar-refractivity contribution in [1.82, 2.24) is 9.62 Å². The highest BCUT2D eigenvalue weighted by Gasteiger charge is 2.13. The van der Waals surface area contributed by atoms with Crippen LogP contribution in [0.4, 0.5) is 0 Å². The molecule has 0 aliphatic carbocycles. The van der Waals surface area contributed by atoms with E-state index in [1.807, 2.05) is 19.2 Å². The minimum atomic E-state index is -3.15. The maximum Gasteiger partial charge on any atom is 0.263 e. The molecule has 1 aromatic rings. The number of nitrogens with one attached hydrogen (secondary N) is 1. The summed E-state index contributed by atoms with van der Waals surface area (Å²) >= 11 is 1.43. The molecule has 7 heteroatoms. The molecule has 0 saturated carbocycles. The van der Waals surface area contributed by atoms with Crippen LogP contribution in [0.3, 0.4) is 0 Å². The van der Waals surface area contributed by atoms with Crippen molar-refractivity contribution >= 4 is 27.3 Å². The zero-order valence-electron chi connectivity index (χ0n) is 12.2. The first-order valence-corrected chi connectivity index (χ1v) is 9.33. The molecular weight excluding hydrogens is 296 g/mol. The van der Waals surface area contributed by atoms with Gasteiger partial charge in [0.15, 0.2) is 0 Å². The van der Waals surface area contributed by atoms with E-state index in [0.717, 1.165) is 30.5 Å². The molecule has 0 aliphatic heterocycles. The van der Waals surface area contributed by atoms with E-state index >= 15 is 0 Å². The normalized spacial score (nSPS) is 11.6. The third-order valence-electron chi connectivity index (χ3n) is 2.80. The molecule has 0 atom stereocenters. The predicted octanol–water partition coefficient (Wildman–Crippen LogP) is 1.71. The smallest absolute Gasteiger partial charge is 0.263 e. The standard InChI is InChI=1S/C13H22N2O3S2/c1-4-5-10-15(2)13(16)12-7-6-11(19-12)8-9-14-20(3,17)18/h6-7,14H,4-5,8-10H2,1-3H3. The van der Waals surface area contributed by atoms with Crippen LogP contribution in [0, 0.1) is 0 Å². The van der Waals surface area contributed by atoms with Crippen LogP contribution in [0.2, 0.25) is 0 Å². The molecule has 0 aromatic carbocycles. The molecule has 0 saturated heterocycles. The number of sulfonamides is 1. The van der Waals surface area contributed by atoms with Crippen molar-refractivity contribution in [2.75, 3.05) is 26.4 Å². The minimum absolute atomic E-state index is 0.0331. The summed E-state index contributed by atoms with van der Waals surface area (Å²) < 4.78 is 24.4. The number of hydrogen-bond donors (Lipinski definition) is 1. The second kappa shape index (κ2) is 7.75. The fourth-order valence-corrected chi connectivity index (χ4v) is 3.15. The van der Waals surface area contributed by atoms with Crippen LogP contribution in [0.25, 0.3) is 0 Å². The highest BCUT2D eigenvalue weighted by molar-refractivity contribution is 7.88. The van der Waals surface area contributed by atoms with Gasteiger partial charge < -0.3 is 4.90 Å². The number of rotatable bonds is 8. The fraction of sp³-hybridized carbons (Fsp3) is 0.615. The van der Waals surface area contributed by atoms with Gasteiger partial charge in [-0.15, -0.1) is 11.3 Å². The fourth-order valence-electron chi connectivity index (χ4n) is 1.67. The first kappa shape index (κ1) is 17.1. The number of unbranched alkanes of at least 4 members (excludes halogenated alkanes) is 1. The van der Waals surface area contributed by atoms with Crippen LogP contribution >= 0.6 is 11.3 Å². The Hall–Kier alpha value is -0.920. The summed E-state index contributed by atoms with van der Waals surface area (Å²) in [7, 11) is -1.34. The van der Waals surface area contributed by atoms with Gasteiger partial charge in [-0.05, 0) is 25.0 Å². The maximum atomic E-state index is 12.1. The lowest BCUT2D eigenvalue weighted by molar-refractivity contribution is 0.0798. The summed E-state index contributed by atoms with van der Waals surface area (Å²) in [6.45, 7) is 3.22.